The van der Waals surface area contributed by atoms with Gasteiger partial charge in [-0.1, -0.05) is 42.1 Å². The van der Waals surface area contributed by atoms with E-state index >= 15 is 0 Å². The number of likely N-dealkylation sites (N-methyl/N-ethyl adjacent to an activating group) is 1. The SMILES string of the molecule is CN1C(=O)Cc2cc(C(=O)CSc3n[nH]c(-c4ccccc4)n3)ccc21. The van der Waals surface area contributed by atoms with Crippen LogP contribution in [0.4, 0.5) is 5.69 Å². The summed E-state index contributed by atoms with van der Waals surface area (Å²) < 4.78 is 0. The Bertz CT molecular complexity index is 984. The van der Waals surface area contributed by atoms with Crippen molar-refractivity contribution < 1.29 is 9.59 Å². The molecule has 0 atom stereocenters. The lowest BCUT2D eigenvalue weighted by Crippen LogP contribution is -2.20. The summed E-state index contributed by atoms with van der Waals surface area (Å²) in [5, 5.41) is 7.59. The number of Topliss-reactive ketones (excluding diaryl/α,β-unsaturated/α-hetero) is 1. The van der Waals surface area contributed by atoms with Crippen LogP contribution >= 0.6 is 11.8 Å². The number of aromatic nitrogens is 3. The lowest BCUT2D eigenvalue weighted by Gasteiger charge is -2.10. The van der Waals surface area contributed by atoms with Gasteiger partial charge in [-0.2, -0.15) is 0 Å². The zero-order chi connectivity index (χ0) is 18.1. The molecule has 0 fully saturated rings. The minimum absolute atomic E-state index is 0.00846. The third kappa shape index (κ3) is 3.13. The van der Waals surface area contributed by atoms with Crippen molar-refractivity contribution in [3.63, 3.8) is 0 Å². The van der Waals surface area contributed by atoms with Crippen molar-refractivity contribution in [1.82, 2.24) is 15.2 Å². The summed E-state index contributed by atoms with van der Waals surface area (Å²) in [5.74, 6) is 0.966. The van der Waals surface area contributed by atoms with Crippen LogP contribution in [0.2, 0.25) is 0 Å². The number of fused-ring (bicyclic) bond motifs is 1. The molecule has 0 bridgehead atoms. The Morgan fingerprint density at radius 3 is 2.85 bits per heavy atom. The molecular weight excluding hydrogens is 348 g/mol. The van der Waals surface area contributed by atoms with Gasteiger partial charge in [0.1, 0.15) is 0 Å². The highest BCUT2D eigenvalue weighted by atomic mass is 32.2. The maximum atomic E-state index is 12.5. The van der Waals surface area contributed by atoms with Gasteiger partial charge in [-0.15, -0.1) is 5.10 Å². The van der Waals surface area contributed by atoms with Gasteiger partial charge in [0.2, 0.25) is 11.1 Å². The molecule has 7 heteroatoms. The highest BCUT2D eigenvalue weighted by molar-refractivity contribution is 7.99. The molecule has 6 nitrogen and oxygen atoms in total. The number of hydrogen-bond acceptors (Lipinski definition) is 5. The minimum atomic E-state index is -0.00846. The standard InChI is InChI=1S/C19H16N4O2S/c1-23-15-8-7-13(9-14(15)10-17(23)25)16(24)11-26-19-20-18(21-22-19)12-5-3-2-4-6-12/h2-9H,10-11H2,1H3,(H,20,21,22). The molecule has 0 unspecified atom stereocenters. The van der Waals surface area contributed by atoms with Crippen molar-refractivity contribution in [1.29, 1.82) is 0 Å². The van der Waals surface area contributed by atoms with Crippen molar-refractivity contribution in [2.24, 2.45) is 0 Å². The second-order valence-electron chi connectivity index (χ2n) is 6.02. The lowest BCUT2D eigenvalue weighted by atomic mass is 10.1. The summed E-state index contributed by atoms with van der Waals surface area (Å²) in [4.78, 5) is 30.3. The summed E-state index contributed by atoms with van der Waals surface area (Å²) >= 11 is 1.29. The molecule has 130 valence electrons. The number of thioether (sulfide) groups is 1. The van der Waals surface area contributed by atoms with E-state index in [-0.39, 0.29) is 17.4 Å². The Balaban J connectivity index is 1.43. The molecule has 0 saturated heterocycles. The lowest BCUT2D eigenvalue weighted by molar-refractivity contribution is -0.117. The molecule has 0 spiro atoms. The fraction of sp³-hybridized carbons (Fsp3) is 0.158. The predicted molar refractivity (Wildman–Crippen MR) is 100 cm³/mol. The molecule has 1 aliphatic rings. The molecule has 1 aliphatic heterocycles. The van der Waals surface area contributed by atoms with E-state index in [0.717, 1.165) is 16.8 Å². The first kappa shape index (κ1) is 16.5. The first-order chi connectivity index (χ1) is 12.6. The summed E-state index contributed by atoms with van der Waals surface area (Å²) in [5.41, 5.74) is 3.34. The third-order valence-corrected chi connectivity index (χ3v) is 5.17. The number of ketones is 1. The fourth-order valence-electron chi connectivity index (χ4n) is 2.89. The van der Waals surface area contributed by atoms with Crippen LogP contribution in [-0.4, -0.2) is 39.7 Å². The smallest absolute Gasteiger partial charge is 0.231 e. The van der Waals surface area contributed by atoms with Gasteiger partial charge in [0.15, 0.2) is 11.6 Å². The molecule has 4 rings (SSSR count). The van der Waals surface area contributed by atoms with E-state index in [2.05, 4.69) is 15.2 Å². The first-order valence-corrected chi connectivity index (χ1v) is 9.13. The number of nitrogens with zero attached hydrogens (tertiary/aromatic N) is 3. The fourth-order valence-corrected chi connectivity index (χ4v) is 3.59. The van der Waals surface area contributed by atoms with Crippen LogP contribution in [0.5, 0.6) is 0 Å². The Morgan fingerprint density at radius 1 is 1.23 bits per heavy atom. The average Bonchev–Trinajstić information content (AvgIpc) is 3.25. The number of rotatable bonds is 5. The average molecular weight is 364 g/mol. The van der Waals surface area contributed by atoms with Crippen LogP contribution in [0, 0.1) is 0 Å². The van der Waals surface area contributed by atoms with Crippen LogP contribution in [0.1, 0.15) is 15.9 Å². The first-order valence-electron chi connectivity index (χ1n) is 8.15. The third-order valence-electron chi connectivity index (χ3n) is 4.32. The van der Waals surface area contributed by atoms with Crippen molar-refractivity contribution in [3.8, 4) is 11.4 Å². The van der Waals surface area contributed by atoms with Crippen LogP contribution in [-0.2, 0) is 11.2 Å². The molecule has 0 saturated carbocycles. The molecule has 0 aliphatic carbocycles. The summed E-state index contributed by atoms with van der Waals surface area (Å²) in [7, 11) is 1.75. The molecule has 3 aromatic rings. The van der Waals surface area contributed by atoms with Gasteiger partial charge >= 0.3 is 0 Å². The second kappa shape index (κ2) is 6.76. The van der Waals surface area contributed by atoms with E-state index < -0.39 is 0 Å². The maximum absolute atomic E-state index is 12.5. The highest BCUT2D eigenvalue weighted by Gasteiger charge is 2.24. The van der Waals surface area contributed by atoms with Crippen LogP contribution in [0.25, 0.3) is 11.4 Å². The Kier molecular flexibility index (Phi) is 4.30. The van der Waals surface area contributed by atoms with E-state index in [1.807, 2.05) is 42.5 Å². The monoisotopic (exact) mass is 364 g/mol. The van der Waals surface area contributed by atoms with E-state index in [9.17, 15) is 9.59 Å². The quantitative estimate of drug-likeness (QED) is 0.556. The van der Waals surface area contributed by atoms with Crippen LogP contribution in [0.15, 0.2) is 53.7 Å². The Hall–Kier alpha value is -2.93. The molecule has 2 aromatic carbocycles. The van der Waals surface area contributed by atoms with Gasteiger partial charge in [0, 0.05) is 23.9 Å². The molecule has 0 radical (unpaired) electrons. The molecule has 26 heavy (non-hydrogen) atoms. The highest BCUT2D eigenvalue weighted by Crippen LogP contribution is 2.29. The number of H-pyrrole nitrogens is 1. The summed E-state index contributed by atoms with van der Waals surface area (Å²) in [6.45, 7) is 0. The Labute approximate surface area is 154 Å². The predicted octanol–water partition coefficient (Wildman–Crippen LogP) is 2.97. The van der Waals surface area contributed by atoms with Gasteiger partial charge in [-0.25, -0.2) is 4.98 Å². The van der Waals surface area contributed by atoms with Gasteiger partial charge in [-0.3, -0.25) is 14.7 Å². The number of amides is 1. The van der Waals surface area contributed by atoms with E-state index in [1.54, 1.807) is 18.0 Å². The van der Waals surface area contributed by atoms with Crippen molar-refractivity contribution in [2.75, 3.05) is 17.7 Å². The van der Waals surface area contributed by atoms with E-state index in [1.165, 1.54) is 11.8 Å². The van der Waals surface area contributed by atoms with Gasteiger partial charge in [0.05, 0.1) is 12.2 Å². The van der Waals surface area contributed by atoms with Gasteiger partial charge in [-0.05, 0) is 23.8 Å². The van der Waals surface area contributed by atoms with Gasteiger partial charge < -0.3 is 4.90 Å². The number of carbonyl (C=O) groups excluding carboxylic acids is 2. The second-order valence-corrected chi connectivity index (χ2v) is 6.96. The zero-order valence-corrected chi connectivity index (χ0v) is 14.9. The number of nitrogens with one attached hydrogen (secondary N) is 1. The number of benzene rings is 2. The molecule has 2 heterocycles. The number of aromatic amines is 1. The molecular formula is C19H16N4O2S. The van der Waals surface area contributed by atoms with Gasteiger partial charge in [0.25, 0.3) is 0 Å². The minimum Gasteiger partial charge on any atom is -0.315 e. The normalized spacial score (nSPS) is 13.1. The van der Waals surface area contributed by atoms with E-state index in [4.69, 9.17) is 0 Å². The number of carbonyl (C=O) groups is 2. The summed E-state index contributed by atoms with van der Waals surface area (Å²) in [6, 6.07) is 15.1. The largest absolute Gasteiger partial charge is 0.315 e. The Morgan fingerprint density at radius 2 is 2.04 bits per heavy atom. The molecule has 1 aromatic heterocycles. The topological polar surface area (TPSA) is 79.0 Å². The number of anilines is 1. The van der Waals surface area contributed by atoms with Crippen LogP contribution in [0.3, 0.4) is 0 Å². The van der Waals surface area contributed by atoms with Crippen molar-refractivity contribution in [2.45, 2.75) is 11.6 Å². The van der Waals surface area contributed by atoms with Crippen molar-refractivity contribution >= 4 is 29.1 Å². The maximum Gasteiger partial charge on any atom is 0.231 e. The molecule has 1 N–H and O–H groups in total. The van der Waals surface area contributed by atoms with Crippen molar-refractivity contribution in [3.05, 3.63) is 59.7 Å². The molecule has 1 amide bonds. The van der Waals surface area contributed by atoms with E-state index in [0.29, 0.717) is 23.0 Å². The summed E-state index contributed by atoms with van der Waals surface area (Å²) in [6.07, 6.45) is 0.349. The number of hydrogen-bond donors (Lipinski definition) is 1. The zero-order valence-electron chi connectivity index (χ0n) is 14.1. The van der Waals surface area contributed by atoms with Crippen LogP contribution < -0.4 is 4.90 Å².